The lowest BCUT2D eigenvalue weighted by molar-refractivity contribution is 1.17. The van der Waals surface area contributed by atoms with Crippen LogP contribution in [0, 0.1) is 0 Å². The fraction of sp³-hybridized carbons (Fsp3) is 0. The Morgan fingerprint density at radius 1 is 0.422 bits per heavy atom. The van der Waals surface area contributed by atoms with E-state index in [1.165, 1.54) is 58.8 Å². The standard InChI is InChI=1S/C42H28N2S/c1-3-13-29(14-4-1)30-25-27-32(28-26-30)43(39-23-12-20-36-34-18-8-10-24-40(34)45-42(36)39)38-22-11-19-35-33-17-7-9-21-37(33)44(41(35)38)31-15-5-2-6-16-31/h1-28H. The Labute approximate surface area is 265 Å². The van der Waals surface area contributed by atoms with Gasteiger partial charge in [-0.15, -0.1) is 11.3 Å². The van der Waals surface area contributed by atoms with Gasteiger partial charge in [-0.05, 0) is 59.7 Å². The van der Waals surface area contributed by atoms with Gasteiger partial charge in [0.15, 0.2) is 0 Å². The zero-order valence-corrected chi connectivity index (χ0v) is 25.3. The van der Waals surface area contributed by atoms with Crippen molar-refractivity contribution in [3.63, 3.8) is 0 Å². The van der Waals surface area contributed by atoms with Crippen molar-refractivity contribution < 1.29 is 0 Å². The van der Waals surface area contributed by atoms with E-state index >= 15 is 0 Å². The lowest BCUT2D eigenvalue weighted by Gasteiger charge is -2.28. The normalized spacial score (nSPS) is 11.6. The molecule has 9 aromatic rings. The number of fused-ring (bicyclic) bond motifs is 6. The van der Waals surface area contributed by atoms with Crippen LogP contribution in [0.25, 0.3) is 58.8 Å². The van der Waals surface area contributed by atoms with Crippen molar-refractivity contribution in [3.8, 4) is 16.8 Å². The summed E-state index contributed by atoms with van der Waals surface area (Å²) in [6, 6.07) is 61.3. The predicted molar refractivity (Wildman–Crippen MR) is 194 cm³/mol. The molecule has 0 fully saturated rings. The van der Waals surface area contributed by atoms with Crippen LogP contribution in [0.5, 0.6) is 0 Å². The first-order chi connectivity index (χ1) is 22.3. The lowest BCUT2D eigenvalue weighted by atomic mass is 10.0. The van der Waals surface area contributed by atoms with E-state index in [-0.39, 0.29) is 0 Å². The topological polar surface area (TPSA) is 8.17 Å². The van der Waals surface area contributed by atoms with Gasteiger partial charge in [-0.2, -0.15) is 0 Å². The van der Waals surface area contributed by atoms with Gasteiger partial charge in [0.25, 0.3) is 0 Å². The number of nitrogens with zero attached hydrogens (tertiary/aromatic N) is 2. The number of hydrogen-bond donors (Lipinski definition) is 0. The first-order valence-electron chi connectivity index (χ1n) is 15.3. The third kappa shape index (κ3) is 4.16. The summed E-state index contributed by atoms with van der Waals surface area (Å²) in [5.74, 6) is 0. The summed E-state index contributed by atoms with van der Waals surface area (Å²) in [6.45, 7) is 0. The number of thiophene rings is 1. The van der Waals surface area contributed by atoms with Crippen LogP contribution >= 0.6 is 11.3 Å². The van der Waals surface area contributed by atoms with E-state index < -0.39 is 0 Å². The number of hydrogen-bond acceptors (Lipinski definition) is 2. The maximum atomic E-state index is 2.47. The molecule has 0 N–H and O–H groups in total. The van der Waals surface area contributed by atoms with Gasteiger partial charge in [0, 0.05) is 37.6 Å². The molecule has 2 aromatic heterocycles. The van der Waals surface area contributed by atoms with E-state index in [0.29, 0.717) is 0 Å². The second-order valence-electron chi connectivity index (χ2n) is 11.4. The largest absolute Gasteiger partial charge is 0.307 e. The molecule has 0 spiro atoms. The van der Waals surface area contributed by atoms with Gasteiger partial charge in [-0.25, -0.2) is 0 Å². The minimum Gasteiger partial charge on any atom is -0.307 e. The quantitative estimate of drug-likeness (QED) is 0.193. The molecular formula is C42H28N2S. The molecule has 0 amide bonds. The monoisotopic (exact) mass is 592 g/mol. The molecule has 0 bridgehead atoms. The van der Waals surface area contributed by atoms with Crippen molar-refractivity contribution in [2.75, 3.05) is 4.90 Å². The molecule has 9 rings (SSSR count). The summed E-state index contributed by atoms with van der Waals surface area (Å²) >= 11 is 1.87. The Balaban J connectivity index is 1.37. The molecule has 0 atom stereocenters. The highest BCUT2D eigenvalue weighted by Crippen LogP contribution is 2.48. The van der Waals surface area contributed by atoms with Crippen LogP contribution in [0.2, 0.25) is 0 Å². The van der Waals surface area contributed by atoms with Gasteiger partial charge in [0.1, 0.15) is 0 Å². The van der Waals surface area contributed by atoms with Gasteiger partial charge in [0.2, 0.25) is 0 Å². The van der Waals surface area contributed by atoms with Crippen LogP contribution < -0.4 is 4.90 Å². The van der Waals surface area contributed by atoms with Crippen molar-refractivity contribution in [2.45, 2.75) is 0 Å². The molecule has 0 aliphatic carbocycles. The molecule has 3 heteroatoms. The Bertz CT molecular complexity index is 2470. The molecule has 2 heterocycles. The fourth-order valence-electron chi connectivity index (χ4n) is 6.78. The Kier molecular flexibility index (Phi) is 6.03. The SMILES string of the molecule is c1ccc(-c2ccc(N(c3cccc4c3sc3ccccc34)c3cccc4c5ccccc5n(-c5ccccc5)c34)cc2)cc1. The fourth-order valence-corrected chi connectivity index (χ4v) is 7.98. The molecule has 0 saturated heterocycles. The first kappa shape index (κ1) is 25.8. The van der Waals surface area contributed by atoms with Gasteiger partial charge >= 0.3 is 0 Å². The molecule has 0 radical (unpaired) electrons. The predicted octanol–water partition coefficient (Wildman–Crippen LogP) is 12.3. The van der Waals surface area contributed by atoms with Crippen molar-refractivity contribution in [1.29, 1.82) is 0 Å². The molecule has 0 aliphatic rings. The highest BCUT2D eigenvalue weighted by molar-refractivity contribution is 7.26. The van der Waals surface area contributed by atoms with E-state index in [1.807, 2.05) is 11.3 Å². The second kappa shape index (κ2) is 10.5. The van der Waals surface area contributed by atoms with Crippen LogP contribution in [0.1, 0.15) is 0 Å². The van der Waals surface area contributed by atoms with Crippen molar-refractivity contribution >= 4 is 70.4 Å². The maximum Gasteiger partial charge on any atom is 0.0782 e. The molecule has 0 unspecified atom stereocenters. The minimum absolute atomic E-state index is 1.12. The van der Waals surface area contributed by atoms with Crippen LogP contribution in [0.15, 0.2) is 170 Å². The van der Waals surface area contributed by atoms with E-state index in [1.54, 1.807) is 0 Å². The molecule has 2 nitrogen and oxygen atoms in total. The van der Waals surface area contributed by atoms with Gasteiger partial charge in [-0.1, -0.05) is 121 Å². The maximum absolute atomic E-state index is 2.47. The highest BCUT2D eigenvalue weighted by Gasteiger charge is 2.23. The summed E-state index contributed by atoms with van der Waals surface area (Å²) in [5, 5.41) is 5.07. The average Bonchev–Trinajstić information content (AvgIpc) is 3.67. The summed E-state index contributed by atoms with van der Waals surface area (Å²) < 4.78 is 5.01. The van der Waals surface area contributed by atoms with Crippen LogP contribution in [-0.4, -0.2) is 4.57 Å². The zero-order valence-electron chi connectivity index (χ0n) is 24.5. The Hall–Kier alpha value is -5.64. The van der Waals surface area contributed by atoms with E-state index in [2.05, 4.69) is 179 Å². The van der Waals surface area contributed by atoms with Crippen molar-refractivity contribution in [3.05, 3.63) is 170 Å². The number of benzene rings is 7. The molecule has 45 heavy (non-hydrogen) atoms. The third-order valence-corrected chi connectivity index (χ3v) is 9.99. The van der Waals surface area contributed by atoms with Gasteiger partial charge in [-0.3, -0.25) is 0 Å². The third-order valence-electron chi connectivity index (χ3n) is 8.79. The second-order valence-corrected chi connectivity index (χ2v) is 12.4. The van der Waals surface area contributed by atoms with E-state index in [4.69, 9.17) is 0 Å². The number of rotatable bonds is 5. The van der Waals surface area contributed by atoms with Gasteiger partial charge in [0.05, 0.1) is 27.1 Å². The molecule has 0 saturated carbocycles. The van der Waals surface area contributed by atoms with E-state index in [0.717, 1.165) is 17.1 Å². The number of aromatic nitrogens is 1. The van der Waals surface area contributed by atoms with Crippen LogP contribution in [-0.2, 0) is 0 Å². The van der Waals surface area contributed by atoms with Crippen molar-refractivity contribution in [2.24, 2.45) is 0 Å². The van der Waals surface area contributed by atoms with Crippen LogP contribution in [0.4, 0.5) is 17.1 Å². The smallest absolute Gasteiger partial charge is 0.0782 e. The summed E-state index contributed by atoms with van der Waals surface area (Å²) in [5.41, 5.74) is 9.40. The molecule has 7 aromatic carbocycles. The lowest BCUT2D eigenvalue weighted by Crippen LogP contribution is -2.12. The molecular weight excluding hydrogens is 565 g/mol. The van der Waals surface area contributed by atoms with Crippen molar-refractivity contribution in [1.82, 2.24) is 4.57 Å². The summed E-state index contributed by atoms with van der Waals surface area (Å²) in [7, 11) is 0. The molecule has 212 valence electrons. The number of para-hydroxylation sites is 3. The highest BCUT2D eigenvalue weighted by atomic mass is 32.1. The number of anilines is 3. The summed E-state index contributed by atoms with van der Waals surface area (Å²) in [6.07, 6.45) is 0. The Morgan fingerprint density at radius 2 is 1.02 bits per heavy atom. The van der Waals surface area contributed by atoms with Gasteiger partial charge < -0.3 is 9.47 Å². The van der Waals surface area contributed by atoms with E-state index in [9.17, 15) is 0 Å². The zero-order chi connectivity index (χ0) is 29.7. The molecule has 0 aliphatic heterocycles. The average molecular weight is 593 g/mol. The minimum atomic E-state index is 1.12. The first-order valence-corrected chi connectivity index (χ1v) is 16.1. The summed E-state index contributed by atoms with van der Waals surface area (Å²) in [4.78, 5) is 2.47. The Morgan fingerprint density at radius 3 is 1.82 bits per heavy atom. The van der Waals surface area contributed by atoms with Crippen LogP contribution in [0.3, 0.4) is 0 Å².